The van der Waals surface area contributed by atoms with Crippen LogP contribution in [0.3, 0.4) is 0 Å². The fourth-order valence-electron chi connectivity index (χ4n) is 1.08. The predicted molar refractivity (Wildman–Crippen MR) is 44.6 cm³/mol. The first-order valence-corrected chi connectivity index (χ1v) is 3.71. The number of nitrogens with two attached hydrogens (primary N) is 1. The van der Waals surface area contributed by atoms with E-state index in [1.807, 2.05) is 0 Å². The lowest BCUT2D eigenvalue weighted by Gasteiger charge is -2.08. The van der Waals surface area contributed by atoms with Crippen LogP contribution in [-0.2, 0) is 0 Å². The Morgan fingerprint density at radius 3 is 1.62 bits per heavy atom. The SMILES string of the molecule is Nc1c(F)c(F)c(C(=O)O)c(C(=O)O)c1F. The molecule has 0 amide bonds. The number of carboxylic acid groups (broad SMARTS) is 2. The zero-order chi connectivity index (χ0) is 12.6. The molecule has 0 spiro atoms. The third kappa shape index (κ3) is 1.53. The third-order valence-electron chi connectivity index (χ3n) is 1.78. The molecule has 0 radical (unpaired) electrons. The Bertz CT molecular complexity index is 456. The maximum Gasteiger partial charge on any atom is 0.339 e. The van der Waals surface area contributed by atoms with E-state index >= 15 is 0 Å². The first-order chi connectivity index (χ1) is 7.29. The monoisotopic (exact) mass is 235 g/mol. The van der Waals surface area contributed by atoms with Crippen molar-refractivity contribution in [2.45, 2.75) is 0 Å². The van der Waals surface area contributed by atoms with Crippen molar-refractivity contribution in [2.75, 3.05) is 5.73 Å². The van der Waals surface area contributed by atoms with Gasteiger partial charge in [-0.05, 0) is 0 Å². The lowest BCUT2D eigenvalue weighted by atomic mass is 10.0. The molecule has 0 atom stereocenters. The number of rotatable bonds is 2. The second-order valence-corrected chi connectivity index (χ2v) is 2.72. The molecule has 0 saturated carbocycles. The number of anilines is 1. The van der Waals surface area contributed by atoms with Gasteiger partial charge >= 0.3 is 11.9 Å². The van der Waals surface area contributed by atoms with E-state index in [1.54, 1.807) is 0 Å². The van der Waals surface area contributed by atoms with E-state index in [0.717, 1.165) is 0 Å². The molecule has 0 aliphatic carbocycles. The van der Waals surface area contributed by atoms with Crippen LogP contribution in [0.5, 0.6) is 0 Å². The first kappa shape index (κ1) is 11.8. The average Bonchev–Trinajstić information content (AvgIpc) is 2.18. The lowest BCUT2D eigenvalue weighted by Crippen LogP contribution is -2.17. The van der Waals surface area contributed by atoms with Crippen molar-refractivity contribution in [3.63, 3.8) is 0 Å². The number of aromatic carboxylic acids is 2. The number of nitrogen functional groups attached to an aromatic ring is 1. The summed E-state index contributed by atoms with van der Waals surface area (Å²) < 4.78 is 39.0. The van der Waals surface area contributed by atoms with Crippen molar-refractivity contribution >= 4 is 17.6 Å². The van der Waals surface area contributed by atoms with Crippen molar-refractivity contribution in [1.29, 1.82) is 0 Å². The molecule has 0 saturated heterocycles. The van der Waals surface area contributed by atoms with Gasteiger partial charge in [0.2, 0.25) is 0 Å². The van der Waals surface area contributed by atoms with Gasteiger partial charge in [0.15, 0.2) is 17.5 Å². The van der Waals surface area contributed by atoms with Gasteiger partial charge in [-0.25, -0.2) is 22.8 Å². The summed E-state index contributed by atoms with van der Waals surface area (Å²) in [6.45, 7) is 0. The van der Waals surface area contributed by atoms with Crippen LogP contribution in [0.1, 0.15) is 20.7 Å². The van der Waals surface area contributed by atoms with Gasteiger partial charge in [0.1, 0.15) is 16.8 Å². The molecule has 0 heterocycles. The topological polar surface area (TPSA) is 101 Å². The van der Waals surface area contributed by atoms with Crippen LogP contribution in [0.2, 0.25) is 0 Å². The summed E-state index contributed by atoms with van der Waals surface area (Å²) in [5, 5.41) is 16.9. The maximum atomic E-state index is 13.1. The molecule has 16 heavy (non-hydrogen) atoms. The van der Waals surface area contributed by atoms with E-state index in [4.69, 9.17) is 15.9 Å². The molecular weight excluding hydrogens is 231 g/mol. The van der Waals surface area contributed by atoms with E-state index in [-0.39, 0.29) is 0 Å². The van der Waals surface area contributed by atoms with Gasteiger partial charge < -0.3 is 15.9 Å². The second-order valence-electron chi connectivity index (χ2n) is 2.72. The lowest BCUT2D eigenvalue weighted by molar-refractivity contribution is 0.0641. The van der Waals surface area contributed by atoms with Gasteiger partial charge in [-0.15, -0.1) is 0 Å². The zero-order valence-electron chi connectivity index (χ0n) is 7.42. The summed E-state index contributed by atoms with van der Waals surface area (Å²) in [5.74, 6) is -9.92. The van der Waals surface area contributed by atoms with Crippen LogP contribution >= 0.6 is 0 Å². The van der Waals surface area contributed by atoms with Crippen molar-refractivity contribution in [3.05, 3.63) is 28.6 Å². The largest absolute Gasteiger partial charge is 0.478 e. The summed E-state index contributed by atoms with van der Waals surface area (Å²) in [6.07, 6.45) is 0. The molecule has 5 nitrogen and oxygen atoms in total. The maximum absolute atomic E-state index is 13.1. The molecule has 1 rings (SSSR count). The molecule has 0 unspecified atom stereocenters. The van der Waals surface area contributed by atoms with Crippen molar-refractivity contribution in [1.82, 2.24) is 0 Å². The molecule has 1 aromatic carbocycles. The molecule has 1 aromatic rings. The number of benzene rings is 1. The van der Waals surface area contributed by atoms with E-state index in [2.05, 4.69) is 0 Å². The molecule has 0 bridgehead atoms. The molecule has 0 aromatic heterocycles. The van der Waals surface area contributed by atoms with Crippen molar-refractivity contribution in [3.8, 4) is 0 Å². The van der Waals surface area contributed by atoms with E-state index in [9.17, 15) is 22.8 Å². The highest BCUT2D eigenvalue weighted by atomic mass is 19.2. The number of halogens is 3. The van der Waals surface area contributed by atoms with E-state index < -0.39 is 46.2 Å². The Hall–Kier alpha value is -2.25. The summed E-state index contributed by atoms with van der Waals surface area (Å²) in [6, 6.07) is 0. The summed E-state index contributed by atoms with van der Waals surface area (Å²) >= 11 is 0. The van der Waals surface area contributed by atoms with Gasteiger partial charge in [0, 0.05) is 0 Å². The van der Waals surface area contributed by atoms with E-state index in [1.165, 1.54) is 0 Å². The molecular formula is C8H4F3NO4. The van der Waals surface area contributed by atoms with Crippen molar-refractivity contribution < 1.29 is 33.0 Å². The fourth-order valence-corrected chi connectivity index (χ4v) is 1.08. The van der Waals surface area contributed by atoms with Gasteiger partial charge in [0.25, 0.3) is 0 Å². The van der Waals surface area contributed by atoms with Crippen LogP contribution in [-0.4, -0.2) is 22.2 Å². The predicted octanol–water partition coefficient (Wildman–Crippen LogP) is 1.08. The van der Waals surface area contributed by atoms with Crippen LogP contribution < -0.4 is 5.73 Å². The highest BCUT2D eigenvalue weighted by Gasteiger charge is 2.31. The van der Waals surface area contributed by atoms with Gasteiger partial charge in [-0.1, -0.05) is 0 Å². The molecule has 8 heteroatoms. The number of carboxylic acids is 2. The first-order valence-electron chi connectivity index (χ1n) is 3.71. The van der Waals surface area contributed by atoms with E-state index in [0.29, 0.717) is 0 Å². The summed E-state index contributed by atoms with van der Waals surface area (Å²) in [5.41, 5.74) is 0.258. The van der Waals surface area contributed by atoms with Crippen LogP contribution in [0.4, 0.5) is 18.9 Å². The van der Waals surface area contributed by atoms with Crippen LogP contribution in [0.15, 0.2) is 0 Å². The fraction of sp³-hybridized carbons (Fsp3) is 0. The standard InChI is InChI=1S/C8H4F3NO4/c9-3-1(7(13)14)2(8(15)16)4(10)6(12)5(3)11/h12H2,(H,13,14)(H,15,16). The minimum Gasteiger partial charge on any atom is -0.478 e. The smallest absolute Gasteiger partial charge is 0.339 e. The average molecular weight is 235 g/mol. The molecule has 0 aliphatic heterocycles. The second kappa shape index (κ2) is 3.72. The summed E-state index contributed by atoms with van der Waals surface area (Å²) in [7, 11) is 0. The Morgan fingerprint density at radius 1 is 0.875 bits per heavy atom. The number of hydrogen-bond acceptors (Lipinski definition) is 3. The quantitative estimate of drug-likeness (QED) is 0.526. The number of carbonyl (C=O) groups is 2. The summed E-state index contributed by atoms with van der Waals surface area (Å²) in [4.78, 5) is 21.0. The Morgan fingerprint density at radius 2 is 1.25 bits per heavy atom. The van der Waals surface area contributed by atoms with Crippen LogP contribution in [0, 0.1) is 17.5 Å². The third-order valence-corrected chi connectivity index (χ3v) is 1.78. The Balaban J connectivity index is 3.83. The molecule has 86 valence electrons. The zero-order valence-corrected chi connectivity index (χ0v) is 7.42. The highest BCUT2D eigenvalue weighted by Crippen LogP contribution is 2.27. The van der Waals surface area contributed by atoms with Crippen LogP contribution in [0.25, 0.3) is 0 Å². The highest BCUT2D eigenvalue weighted by molar-refractivity contribution is 6.03. The Kier molecular flexibility index (Phi) is 2.75. The van der Waals surface area contributed by atoms with Gasteiger partial charge in [0.05, 0.1) is 0 Å². The van der Waals surface area contributed by atoms with Gasteiger partial charge in [-0.3, -0.25) is 0 Å². The Labute approximate surface area is 85.9 Å². The minimum atomic E-state index is -2.10. The minimum absolute atomic E-state index is 1.38. The molecule has 0 fully saturated rings. The van der Waals surface area contributed by atoms with Crippen molar-refractivity contribution in [2.24, 2.45) is 0 Å². The molecule has 0 aliphatic rings. The normalized spacial score (nSPS) is 10.2. The number of hydrogen-bond donors (Lipinski definition) is 3. The molecule has 4 N–H and O–H groups in total. The van der Waals surface area contributed by atoms with Gasteiger partial charge in [-0.2, -0.15) is 0 Å².